The summed E-state index contributed by atoms with van der Waals surface area (Å²) in [6.45, 7) is 4.20. The van der Waals surface area contributed by atoms with E-state index in [4.69, 9.17) is 9.47 Å². The molecule has 2 saturated carbocycles. The van der Waals surface area contributed by atoms with Crippen LogP contribution in [0.4, 0.5) is 0 Å². The first-order valence-electron chi connectivity index (χ1n) is 5.24. The molecule has 2 bridgehead atoms. The van der Waals surface area contributed by atoms with Crippen molar-refractivity contribution in [3.8, 4) is 0 Å². The molecular weight excluding hydrogens is 180 g/mol. The number of cyclic esters (lactones) is 1. The molecule has 3 rings (SSSR count). The zero-order valence-corrected chi connectivity index (χ0v) is 8.02. The Morgan fingerprint density at radius 2 is 2.29 bits per heavy atom. The largest absolute Gasteiger partial charge is 0.498 e. The fourth-order valence-corrected chi connectivity index (χ4v) is 3.58. The second kappa shape index (κ2) is 2.75. The van der Waals surface area contributed by atoms with Crippen molar-refractivity contribution in [2.75, 3.05) is 6.61 Å². The molecule has 1 heterocycles. The van der Waals surface area contributed by atoms with E-state index in [1.54, 1.807) is 0 Å². The van der Waals surface area contributed by atoms with E-state index in [0.717, 1.165) is 12.8 Å². The quantitative estimate of drug-likeness (QED) is 0.491. The first-order valence-corrected chi connectivity index (χ1v) is 5.24. The van der Waals surface area contributed by atoms with Crippen molar-refractivity contribution in [3.63, 3.8) is 0 Å². The van der Waals surface area contributed by atoms with Gasteiger partial charge in [0, 0.05) is 11.8 Å². The third-order valence-corrected chi connectivity index (χ3v) is 4.07. The van der Waals surface area contributed by atoms with Crippen molar-refractivity contribution in [3.05, 3.63) is 12.8 Å². The van der Waals surface area contributed by atoms with Gasteiger partial charge in [-0.15, -0.1) is 0 Å². The number of rotatable bonds is 2. The zero-order chi connectivity index (χ0) is 9.71. The van der Waals surface area contributed by atoms with Crippen LogP contribution < -0.4 is 0 Å². The van der Waals surface area contributed by atoms with Gasteiger partial charge in [-0.05, 0) is 18.8 Å². The highest BCUT2D eigenvalue weighted by Gasteiger charge is 2.59. The number of fused-ring (bicyclic) bond motifs is 5. The number of ether oxygens (including phenoxy) is 2. The predicted octanol–water partition coefficient (Wildman–Crippen LogP) is 1.34. The number of hydrogen-bond donors (Lipinski definition) is 0. The number of carbonyl (C=O) groups excluding carboxylic acids is 1. The van der Waals surface area contributed by atoms with Crippen LogP contribution in [-0.2, 0) is 14.3 Å². The lowest BCUT2D eigenvalue weighted by molar-refractivity contribution is -0.142. The summed E-state index contributed by atoms with van der Waals surface area (Å²) in [6, 6.07) is 0. The first-order chi connectivity index (χ1) is 6.81. The van der Waals surface area contributed by atoms with Gasteiger partial charge in [0.05, 0.1) is 18.8 Å². The molecule has 3 nitrogen and oxygen atoms in total. The van der Waals surface area contributed by atoms with E-state index in [2.05, 4.69) is 6.58 Å². The number of carbonyl (C=O) groups is 1. The standard InChI is InChI=1S/C11H14O3/c1-2-13-9-4-6-3-7(9)8-5-14-11(12)10(6)8/h2,6-10H,1,3-5H2/t6?,7-,8?,9?,10?/m0/s1. The minimum Gasteiger partial charge on any atom is -0.498 e. The van der Waals surface area contributed by atoms with E-state index in [9.17, 15) is 4.79 Å². The fourth-order valence-electron chi connectivity index (χ4n) is 3.58. The van der Waals surface area contributed by atoms with Crippen molar-refractivity contribution in [2.45, 2.75) is 18.9 Å². The SMILES string of the molecule is C=COC1CC2C[C@H]1C1COC(=O)C21. The van der Waals surface area contributed by atoms with Crippen LogP contribution in [0.2, 0.25) is 0 Å². The second-order valence-electron chi connectivity index (χ2n) is 4.56. The smallest absolute Gasteiger partial charge is 0.309 e. The van der Waals surface area contributed by atoms with E-state index < -0.39 is 0 Å². The van der Waals surface area contributed by atoms with Crippen LogP contribution >= 0.6 is 0 Å². The van der Waals surface area contributed by atoms with Gasteiger partial charge in [-0.3, -0.25) is 4.79 Å². The third kappa shape index (κ3) is 0.900. The summed E-state index contributed by atoms with van der Waals surface area (Å²) in [5, 5.41) is 0. The van der Waals surface area contributed by atoms with E-state index >= 15 is 0 Å². The molecule has 0 spiro atoms. The molecule has 0 aromatic heterocycles. The topological polar surface area (TPSA) is 35.5 Å². The molecule has 3 heteroatoms. The Morgan fingerprint density at radius 3 is 3.07 bits per heavy atom. The Hall–Kier alpha value is -0.990. The fraction of sp³-hybridized carbons (Fsp3) is 0.727. The minimum atomic E-state index is 0.0274. The number of hydrogen-bond acceptors (Lipinski definition) is 3. The molecule has 4 unspecified atom stereocenters. The van der Waals surface area contributed by atoms with Crippen molar-refractivity contribution in [1.82, 2.24) is 0 Å². The monoisotopic (exact) mass is 194 g/mol. The predicted molar refractivity (Wildman–Crippen MR) is 49.2 cm³/mol. The Kier molecular flexibility index (Phi) is 1.64. The Labute approximate surface area is 83.1 Å². The van der Waals surface area contributed by atoms with Crippen LogP contribution in [0.15, 0.2) is 12.8 Å². The van der Waals surface area contributed by atoms with E-state index in [1.807, 2.05) is 0 Å². The Morgan fingerprint density at radius 1 is 1.43 bits per heavy atom. The molecule has 0 aromatic rings. The maximum Gasteiger partial charge on any atom is 0.309 e. The van der Waals surface area contributed by atoms with Crippen molar-refractivity contribution in [2.24, 2.45) is 23.7 Å². The van der Waals surface area contributed by atoms with Gasteiger partial charge in [0.15, 0.2) is 0 Å². The highest BCUT2D eigenvalue weighted by molar-refractivity contribution is 5.76. The van der Waals surface area contributed by atoms with Gasteiger partial charge in [0.2, 0.25) is 0 Å². The van der Waals surface area contributed by atoms with E-state index in [1.165, 1.54) is 6.26 Å². The molecule has 3 fully saturated rings. The summed E-state index contributed by atoms with van der Waals surface area (Å²) in [5.41, 5.74) is 0. The maximum absolute atomic E-state index is 11.4. The molecule has 1 aliphatic heterocycles. The Balaban J connectivity index is 1.82. The van der Waals surface area contributed by atoms with E-state index in [0.29, 0.717) is 24.4 Å². The third-order valence-electron chi connectivity index (χ3n) is 4.07. The molecule has 76 valence electrons. The van der Waals surface area contributed by atoms with Crippen molar-refractivity contribution < 1.29 is 14.3 Å². The summed E-state index contributed by atoms with van der Waals surface area (Å²) in [4.78, 5) is 11.4. The summed E-state index contributed by atoms with van der Waals surface area (Å²) in [6.07, 6.45) is 3.96. The van der Waals surface area contributed by atoms with Gasteiger partial charge in [-0.1, -0.05) is 6.58 Å². The van der Waals surface area contributed by atoms with Crippen molar-refractivity contribution in [1.29, 1.82) is 0 Å². The van der Waals surface area contributed by atoms with Crippen molar-refractivity contribution >= 4 is 5.97 Å². The molecule has 0 radical (unpaired) electrons. The lowest BCUT2D eigenvalue weighted by atomic mass is 9.80. The molecule has 0 amide bonds. The van der Waals surface area contributed by atoms with Gasteiger partial charge in [-0.25, -0.2) is 0 Å². The summed E-state index contributed by atoms with van der Waals surface area (Å²) >= 11 is 0. The van der Waals surface area contributed by atoms with Crippen LogP contribution in [0.25, 0.3) is 0 Å². The highest BCUT2D eigenvalue weighted by Crippen LogP contribution is 2.55. The number of esters is 1. The van der Waals surface area contributed by atoms with E-state index in [-0.39, 0.29) is 18.0 Å². The summed E-state index contributed by atoms with van der Waals surface area (Å²) in [7, 11) is 0. The van der Waals surface area contributed by atoms with Gasteiger partial charge in [0.25, 0.3) is 0 Å². The summed E-state index contributed by atoms with van der Waals surface area (Å²) < 4.78 is 10.6. The van der Waals surface area contributed by atoms with Crippen LogP contribution in [0.1, 0.15) is 12.8 Å². The van der Waals surface area contributed by atoms with Crippen LogP contribution in [0.3, 0.4) is 0 Å². The molecule has 14 heavy (non-hydrogen) atoms. The van der Waals surface area contributed by atoms with Crippen LogP contribution in [0, 0.1) is 23.7 Å². The maximum atomic E-state index is 11.4. The molecular formula is C11H14O3. The van der Waals surface area contributed by atoms with Crippen LogP contribution in [-0.4, -0.2) is 18.7 Å². The Bertz CT molecular complexity index is 286. The normalized spacial score (nSPS) is 48.9. The molecule has 3 aliphatic rings. The van der Waals surface area contributed by atoms with Gasteiger partial charge >= 0.3 is 5.97 Å². The summed E-state index contributed by atoms with van der Waals surface area (Å²) in [5.74, 6) is 1.66. The van der Waals surface area contributed by atoms with Crippen LogP contribution in [0.5, 0.6) is 0 Å². The average Bonchev–Trinajstić information content (AvgIpc) is 2.78. The van der Waals surface area contributed by atoms with Gasteiger partial charge in [0.1, 0.15) is 6.10 Å². The minimum absolute atomic E-state index is 0.0274. The molecule has 2 aliphatic carbocycles. The average molecular weight is 194 g/mol. The molecule has 0 aromatic carbocycles. The zero-order valence-electron chi connectivity index (χ0n) is 8.02. The second-order valence-corrected chi connectivity index (χ2v) is 4.56. The lowest BCUT2D eigenvalue weighted by Crippen LogP contribution is -2.32. The first kappa shape index (κ1) is 8.33. The highest BCUT2D eigenvalue weighted by atomic mass is 16.5. The lowest BCUT2D eigenvalue weighted by Gasteiger charge is -2.27. The van der Waals surface area contributed by atoms with Gasteiger partial charge in [-0.2, -0.15) is 0 Å². The molecule has 1 saturated heterocycles. The molecule has 0 N–H and O–H groups in total. The molecule has 5 atom stereocenters. The van der Waals surface area contributed by atoms with Gasteiger partial charge < -0.3 is 9.47 Å².